The van der Waals surface area contributed by atoms with Crippen LogP contribution in [0.2, 0.25) is 0 Å². The number of nitrogens with zero attached hydrogens (tertiary/aromatic N) is 1. The quantitative estimate of drug-likeness (QED) is 0.898. The maximum atomic E-state index is 10.2. The highest BCUT2D eigenvalue weighted by atomic mass is 32.1. The molecule has 0 aliphatic rings. The fraction of sp³-hybridized carbons (Fsp3) is 0.357. The molecule has 0 radical (unpaired) electrons. The number of aryl methyl sites for hydroxylation is 1. The molecule has 17 heavy (non-hydrogen) atoms. The van der Waals surface area contributed by atoms with E-state index in [0.717, 1.165) is 17.0 Å². The molecule has 0 bridgehead atoms. The van der Waals surface area contributed by atoms with E-state index in [9.17, 15) is 5.11 Å². The lowest BCUT2D eigenvalue weighted by molar-refractivity contribution is 0.118. The minimum absolute atomic E-state index is 0.206. The Morgan fingerprint density at radius 3 is 2.59 bits per heavy atom. The average Bonchev–Trinajstić information content (AvgIpc) is 2.75. The molecule has 0 aliphatic carbocycles. The van der Waals surface area contributed by atoms with E-state index >= 15 is 0 Å². The second-order valence-electron chi connectivity index (χ2n) is 4.38. The van der Waals surface area contributed by atoms with Gasteiger partial charge >= 0.3 is 0 Å². The highest BCUT2D eigenvalue weighted by Crippen LogP contribution is 2.26. The van der Waals surface area contributed by atoms with E-state index in [1.165, 1.54) is 4.88 Å². The van der Waals surface area contributed by atoms with Gasteiger partial charge in [0.25, 0.3) is 0 Å². The third kappa shape index (κ3) is 3.14. The van der Waals surface area contributed by atoms with Gasteiger partial charge in [-0.1, -0.05) is 37.3 Å². The zero-order valence-electron chi connectivity index (χ0n) is 10.1. The molecule has 0 saturated carbocycles. The van der Waals surface area contributed by atoms with Crippen molar-refractivity contribution in [2.75, 3.05) is 0 Å². The Bertz CT molecular complexity index is 466. The van der Waals surface area contributed by atoms with Gasteiger partial charge in [0.2, 0.25) is 0 Å². The van der Waals surface area contributed by atoms with Crippen molar-refractivity contribution >= 4 is 11.3 Å². The van der Waals surface area contributed by atoms with Crippen LogP contribution in [-0.2, 0) is 6.42 Å². The lowest BCUT2D eigenvalue weighted by atomic mass is 9.94. The van der Waals surface area contributed by atoms with E-state index in [2.05, 4.69) is 11.9 Å². The molecule has 0 spiro atoms. The molecule has 2 atom stereocenters. The molecule has 2 rings (SSSR count). The first-order valence-electron chi connectivity index (χ1n) is 5.81. The normalized spacial score (nSPS) is 14.5. The van der Waals surface area contributed by atoms with Gasteiger partial charge in [0, 0.05) is 11.1 Å². The molecule has 0 amide bonds. The van der Waals surface area contributed by atoms with E-state index < -0.39 is 6.10 Å². The third-order valence-corrected chi connectivity index (χ3v) is 3.81. The maximum Gasteiger partial charge on any atom is 0.0896 e. The summed E-state index contributed by atoms with van der Waals surface area (Å²) in [5.74, 6) is 0.206. The second kappa shape index (κ2) is 5.43. The van der Waals surface area contributed by atoms with Gasteiger partial charge in [-0.2, -0.15) is 0 Å². The van der Waals surface area contributed by atoms with Crippen molar-refractivity contribution < 1.29 is 5.11 Å². The molecule has 1 heterocycles. The molecule has 2 unspecified atom stereocenters. The zero-order valence-corrected chi connectivity index (χ0v) is 10.9. The van der Waals surface area contributed by atoms with Crippen LogP contribution in [0.3, 0.4) is 0 Å². The van der Waals surface area contributed by atoms with Crippen LogP contribution in [0.5, 0.6) is 0 Å². The molecular formula is C14H17NOS. The van der Waals surface area contributed by atoms with Crippen LogP contribution < -0.4 is 0 Å². The Hall–Kier alpha value is -1.19. The Kier molecular flexibility index (Phi) is 3.92. The van der Waals surface area contributed by atoms with Crippen LogP contribution in [0.4, 0.5) is 0 Å². The Balaban J connectivity index is 2.03. The van der Waals surface area contributed by atoms with Gasteiger partial charge < -0.3 is 5.11 Å². The molecule has 1 aromatic heterocycles. The molecule has 1 aromatic carbocycles. The first kappa shape index (κ1) is 12.3. The van der Waals surface area contributed by atoms with Crippen LogP contribution >= 0.6 is 11.3 Å². The fourth-order valence-electron chi connectivity index (χ4n) is 1.91. The third-order valence-electron chi connectivity index (χ3n) is 2.87. The van der Waals surface area contributed by atoms with E-state index in [4.69, 9.17) is 0 Å². The average molecular weight is 247 g/mol. The maximum absolute atomic E-state index is 10.2. The summed E-state index contributed by atoms with van der Waals surface area (Å²) in [6.07, 6.45) is 2.38. The number of rotatable bonds is 4. The zero-order chi connectivity index (χ0) is 12.3. The minimum Gasteiger partial charge on any atom is -0.388 e. The van der Waals surface area contributed by atoms with Crippen LogP contribution in [0.25, 0.3) is 0 Å². The van der Waals surface area contributed by atoms with Gasteiger partial charge in [0.1, 0.15) is 0 Å². The van der Waals surface area contributed by atoms with Crippen molar-refractivity contribution in [2.45, 2.75) is 26.4 Å². The summed E-state index contributed by atoms with van der Waals surface area (Å²) in [6, 6.07) is 9.83. The first-order chi connectivity index (χ1) is 8.16. The van der Waals surface area contributed by atoms with Crippen molar-refractivity contribution in [3.8, 4) is 0 Å². The molecule has 2 nitrogen and oxygen atoms in total. The number of benzene rings is 1. The molecule has 90 valence electrons. The van der Waals surface area contributed by atoms with Gasteiger partial charge in [-0.05, 0) is 24.8 Å². The van der Waals surface area contributed by atoms with Crippen LogP contribution in [0.15, 0.2) is 36.5 Å². The number of thiazole rings is 1. The number of hydrogen-bond donors (Lipinski definition) is 1. The molecule has 0 saturated heterocycles. The first-order valence-corrected chi connectivity index (χ1v) is 6.63. The van der Waals surface area contributed by atoms with Gasteiger partial charge in [0.05, 0.1) is 11.1 Å². The van der Waals surface area contributed by atoms with Crippen LogP contribution in [0.1, 0.15) is 28.5 Å². The molecule has 0 fully saturated rings. The summed E-state index contributed by atoms with van der Waals surface area (Å²) in [5, 5.41) is 11.3. The molecular weight excluding hydrogens is 230 g/mol. The predicted octanol–water partition coefficient (Wildman–Crippen LogP) is 3.36. The summed E-state index contributed by atoms with van der Waals surface area (Å²) in [6.45, 7) is 4.08. The topological polar surface area (TPSA) is 33.1 Å². The lowest BCUT2D eigenvalue weighted by Crippen LogP contribution is -2.11. The van der Waals surface area contributed by atoms with Crippen LogP contribution in [0, 0.1) is 12.8 Å². The van der Waals surface area contributed by atoms with Crippen LogP contribution in [-0.4, -0.2) is 10.1 Å². The van der Waals surface area contributed by atoms with Gasteiger partial charge in [0.15, 0.2) is 0 Å². The van der Waals surface area contributed by atoms with Crippen molar-refractivity contribution in [3.05, 3.63) is 52.0 Å². The summed E-state index contributed by atoms with van der Waals surface area (Å²) >= 11 is 1.71. The highest BCUT2D eigenvalue weighted by molar-refractivity contribution is 7.11. The summed E-state index contributed by atoms with van der Waals surface area (Å²) < 4.78 is 0. The van der Waals surface area contributed by atoms with Crippen molar-refractivity contribution in [1.82, 2.24) is 4.98 Å². The lowest BCUT2D eigenvalue weighted by Gasteiger charge is -2.18. The Morgan fingerprint density at radius 2 is 2.00 bits per heavy atom. The Labute approximate surface area is 106 Å². The van der Waals surface area contributed by atoms with Gasteiger partial charge in [-0.25, -0.2) is 4.98 Å². The van der Waals surface area contributed by atoms with Crippen molar-refractivity contribution in [2.24, 2.45) is 5.92 Å². The van der Waals surface area contributed by atoms with E-state index in [1.54, 1.807) is 11.3 Å². The summed E-state index contributed by atoms with van der Waals surface area (Å²) in [7, 11) is 0. The predicted molar refractivity (Wildman–Crippen MR) is 71.1 cm³/mol. The SMILES string of the molecule is Cc1ncc(CC(C)C(O)c2ccccc2)s1. The van der Waals surface area contributed by atoms with Crippen molar-refractivity contribution in [3.63, 3.8) is 0 Å². The summed E-state index contributed by atoms with van der Waals surface area (Å²) in [4.78, 5) is 5.48. The molecule has 3 heteroatoms. The highest BCUT2D eigenvalue weighted by Gasteiger charge is 2.17. The minimum atomic E-state index is -0.404. The van der Waals surface area contributed by atoms with Crippen molar-refractivity contribution in [1.29, 1.82) is 0 Å². The second-order valence-corrected chi connectivity index (χ2v) is 5.70. The smallest absolute Gasteiger partial charge is 0.0896 e. The largest absolute Gasteiger partial charge is 0.388 e. The summed E-state index contributed by atoms with van der Waals surface area (Å²) in [5.41, 5.74) is 0.987. The van der Waals surface area contributed by atoms with E-state index in [-0.39, 0.29) is 5.92 Å². The standard InChI is InChI=1S/C14H17NOS/c1-10(8-13-9-15-11(2)17-13)14(16)12-6-4-3-5-7-12/h3-7,9-10,14,16H,8H2,1-2H3. The van der Waals surface area contributed by atoms with E-state index in [1.807, 2.05) is 43.5 Å². The number of aromatic nitrogens is 1. The molecule has 1 N–H and O–H groups in total. The number of aliphatic hydroxyl groups excluding tert-OH is 1. The molecule has 2 aromatic rings. The monoisotopic (exact) mass is 247 g/mol. The fourth-order valence-corrected chi connectivity index (χ4v) is 2.84. The molecule has 0 aliphatic heterocycles. The van der Waals surface area contributed by atoms with Gasteiger partial charge in [-0.15, -0.1) is 11.3 Å². The van der Waals surface area contributed by atoms with E-state index in [0.29, 0.717) is 0 Å². The van der Waals surface area contributed by atoms with Gasteiger partial charge in [-0.3, -0.25) is 0 Å². The number of hydrogen-bond acceptors (Lipinski definition) is 3. The Morgan fingerprint density at radius 1 is 1.29 bits per heavy atom. The number of aliphatic hydroxyl groups is 1.